The van der Waals surface area contributed by atoms with Crippen LogP contribution in [0.15, 0.2) is 18.2 Å². The summed E-state index contributed by atoms with van der Waals surface area (Å²) in [5.41, 5.74) is 2.31. The third kappa shape index (κ3) is 3.01. The number of carboxylic acid groups (broad SMARTS) is 1. The van der Waals surface area contributed by atoms with Gasteiger partial charge in [0.2, 0.25) is 0 Å². The van der Waals surface area contributed by atoms with Gasteiger partial charge in [-0.25, -0.2) is 4.79 Å². The Balaban J connectivity index is 2.07. The zero-order chi connectivity index (χ0) is 13.1. The Labute approximate surface area is 107 Å². The second-order valence-electron chi connectivity index (χ2n) is 4.88. The van der Waals surface area contributed by atoms with Crippen LogP contribution in [0.1, 0.15) is 35.7 Å². The number of anilines is 1. The van der Waals surface area contributed by atoms with E-state index >= 15 is 0 Å². The van der Waals surface area contributed by atoms with Crippen LogP contribution in [-0.2, 0) is 4.74 Å². The molecule has 1 aliphatic heterocycles. The van der Waals surface area contributed by atoms with Crippen LogP contribution >= 0.6 is 0 Å². The van der Waals surface area contributed by atoms with Crippen molar-refractivity contribution in [2.75, 3.05) is 11.9 Å². The number of hydrogen-bond acceptors (Lipinski definition) is 3. The van der Waals surface area contributed by atoms with E-state index in [9.17, 15) is 4.79 Å². The van der Waals surface area contributed by atoms with Crippen LogP contribution in [0.4, 0.5) is 5.69 Å². The minimum Gasteiger partial charge on any atom is -0.478 e. The summed E-state index contributed by atoms with van der Waals surface area (Å²) in [7, 11) is 0. The van der Waals surface area contributed by atoms with Gasteiger partial charge in [-0.2, -0.15) is 0 Å². The first-order chi connectivity index (χ1) is 8.56. The summed E-state index contributed by atoms with van der Waals surface area (Å²) in [5.74, 6) is -0.885. The molecule has 4 nitrogen and oxygen atoms in total. The van der Waals surface area contributed by atoms with E-state index in [1.165, 1.54) is 0 Å². The highest BCUT2D eigenvalue weighted by atomic mass is 16.5. The number of benzene rings is 1. The van der Waals surface area contributed by atoms with Crippen molar-refractivity contribution in [3.8, 4) is 0 Å². The lowest BCUT2D eigenvalue weighted by Crippen LogP contribution is -2.32. The topological polar surface area (TPSA) is 58.6 Å². The molecule has 0 aliphatic carbocycles. The molecule has 98 valence electrons. The Kier molecular flexibility index (Phi) is 3.87. The maximum Gasteiger partial charge on any atom is 0.335 e. The number of carbonyl (C=O) groups is 1. The summed E-state index contributed by atoms with van der Waals surface area (Å²) in [6.45, 7) is 4.79. The van der Waals surface area contributed by atoms with Gasteiger partial charge in [-0.3, -0.25) is 0 Å². The van der Waals surface area contributed by atoms with E-state index in [1.54, 1.807) is 12.1 Å². The lowest BCUT2D eigenvalue weighted by atomic mass is 10.0. The van der Waals surface area contributed by atoms with Gasteiger partial charge >= 0.3 is 5.97 Å². The molecule has 1 aromatic rings. The second kappa shape index (κ2) is 5.40. The highest BCUT2D eigenvalue weighted by Gasteiger charge is 2.19. The molecule has 0 spiro atoms. The van der Waals surface area contributed by atoms with Gasteiger partial charge in [0.15, 0.2) is 0 Å². The average molecular weight is 249 g/mol. The molecule has 0 aromatic heterocycles. The van der Waals surface area contributed by atoms with Gasteiger partial charge in [-0.15, -0.1) is 0 Å². The van der Waals surface area contributed by atoms with E-state index in [4.69, 9.17) is 9.84 Å². The first-order valence-electron chi connectivity index (χ1n) is 6.28. The van der Waals surface area contributed by atoms with Gasteiger partial charge in [-0.05, 0) is 50.5 Å². The molecule has 18 heavy (non-hydrogen) atoms. The number of ether oxygens (including phenoxy) is 1. The molecule has 1 saturated heterocycles. The molecule has 0 amide bonds. The van der Waals surface area contributed by atoms with Crippen molar-refractivity contribution < 1.29 is 14.6 Å². The third-order valence-corrected chi connectivity index (χ3v) is 3.32. The Bertz CT molecular complexity index is 445. The molecule has 2 atom stereocenters. The second-order valence-corrected chi connectivity index (χ2v) is 4.88. The monoisotopic (exact) mass is 249 g/mol. The van der Waals surface area contributed by atoms with Crippen LogP contribution < -0.4 is 5.32 Å². The Morgan fingerprint density at radius 1 is 1.50 bits per heavy atom. The largest absolute Gasteiger partial charge is 0.478 e. The Hall–Kier alpha value is -1.55. The van der Waals surface area contributed by atoms with E-state index < -0.39 is 5.97 Å². The summed E-state index contributed by atoms with van der Waals surface area (Å²) < 4.78 is 5.51. The van der Waals surface area contributed by atoms with Gasteiger partial charge < -0.3 is 15.2 Å². The molecule has 0 saturated carbocycles. The molecular weight excluding hydrogens is 230 g/mol. The van der Waals surface area contributed by atoms with E-state index in [0.717, 1.165) is 30.7 Å². The summed E-state index contributed by atoms with van der Waals surface area (Å²) in [6.07, 6.45) is 2.26. The van der Waals surface area contributed by atoms with Crippen molar-refractivity contribution in [2.45, 2.75) is 38.8 Å². The van der Waals surface area contributed by atoms with Crippen molar-refractivity contribution >= 4 is 11.7 Å². The van der Waals surface area contributed by atoms with Crippen LogP contribution in [0.25, 0.3) is 0 Å². The Morgan fingerprint density at radius 3 is 2.89 bits per heavy atom. The van der Waals surface area contributed by atoms with Crippen LogP contribution in [0, 0.1) is 6.92 Å². The van der Waals surface area contributed by atoms with E-state index in [2.05, 4.69) is 12.2 Å². The summed E-state index contributed by atoms with van der Waals surface area (Å²) >= 11 is 0. The number of nitrogens with one attached hydrogen (secondary N) is 1. The SMILES string of the molecule is Cc1cc(C(=O)O)ccc1NC1CCOC(C)C1. The normalized spacial score (nSPS) is 23.7. The fourth-order valence-corrected chi connectivity index (χ4v) is 2.31. The van der Waals surface area contributed by atoms with Crippen LogP contribution in [-0.4, -0.2) is 29.8 Å². The van der Waals surface area contributed by atoms with Crippen molar-refractivity contribution in [3.05, 3.63) is 29.3 Å². The first kappa shape index (κ1) is 12.9. The molecular formula is C14H19NO3. The minimum atomic E-state index is -0.885. The summed E-state index contributed by atoms with van der Waals surface area (Å²) in [5, 5.41) is 12.4. The van der Waals surface area contributed by atoms with Crippen LogP contribution in [0.5, 0.6) is 0 Å². The molecule has 2 rings (SSSR count). The molecule has 0 bridgehead atoms. The first-order valence-corrected chi connectivity index (χ1v) is 6.28. The maximum atomic E-state index is 10.9. The fraction of sp³-hybridized carbons (Fsp3) is 0.500. The van der Waals surface area contributed by atoms with Gasteiger partial charge in [-0.1, -0.05) is 0 Å². The van der Waals surface area contributed by atoms with Gasteiger partial charge in [0.1, 0.15) is 0 Å². The average Bonchev–Trinajstić information content (AvgIpc) is 2.31. The Morgan fingerprint density at radius 2 is 2.28 bits per heavy atom. The van der Waals surface area contributed by atoms with Crippen molar-refractivity contribution in [2.24, 2.45) is 0 Å². The summed E-state index contributed by atoms with van der Waals surface area (Å²) in [4.78, 5) is 10.9. The zero-order valence-corrected chi connectivity index (χ0v) is 10.8. The molecule has 1 fully saturated rings. The number of aromatic carboxylic acids is 1. The maximum absolute atomic E-state index is 10.9. The van der Waals surface area contributed by atoms with E-state index in [1.807, 2.05) is 13.0 Å². The predicted octanol–water partition coefficient (Wildman–Crippen LogP) is 2.67. The standard InChI is InChI=1S/C14H19NO3/c1-9-7-11(14(16)17)3-4-13(9)15-12-5-6-18-10(2)8-12/h3-4,7,10,12,15H,5-6,8H2,1-2H3,(H,16,17). The smallest absolute Gasteiger partial charge is 0.335 e. The highest BCUT2D eigenvalue weighted by Crippen LogP contribution is 2.22. The fourth-order valence-electron chi connectivity index (χ4n) is 2.31. The number of hydrogen-bond donors (Lipinski definition) is 2. The lowest BCUT2D eigenvalue weighted by molar-refractivity contribution is 0.0232. The molecule has 0 radical (unpaired) electrons. The molecule has 1 aliphatic rings. The van der Waals surface area contributed by atoms with Gasteiger partial charge in [0.25, 0.3) is 0 Å². The summed E-state index contributed by atoms with van der Waals surface area (Å²) in [6, 6.07) is 5.59. The molecule has 1 heterocycles. The molecule has 2 N–H and O–H groups in total. The molecule has 1 aromatic carbocycles. The lowest BCUT2D eigenvalue weighted by Gasteiger charge is -2.29. The minimum absolute atomic E-state index is 0.287. The van der Waals surface area contributed by atoms with Crippen molar-refractivity contribution in [1.29, 1.82) is 0 Å². The van der Waals surface area contributed by atoms with E-state index in [0.29, 0.717) is 11.6 Å². The van der Waals surface area contributed by atoms with Crippen LogP contribution in [0.3, 0.4) is 0 Å². The van der Waals surface area contributed by atoms with E-state index in [-0.39, 0.29) is 6.10 Å². The van der Waals surface area contributed by atoms with Crippen LogP contribution in [0.2, 0.25) is 0 Å². The molecule has 4 heteroatoms. The quantitative estimate of drug-likeness (QED) is 0.864. The van der Waals surface area contributed by atoms with Gasteiger partial charge in [0, 0.05) is 18.3 Å². The zero-order valence-electron chi connectivity index (χ0n) is 10.8. The number of rotatable bonds is 3. The third-order valence-electron chi connectivity index (χ3n) is 3.32. The predicted molar refractivity (Wildman–Crippen MR) is 70.2 cm³/mol. The molecule has 2 unspecified atom stereocenters. The highest BCUT2D eigenvalue weighted by molar-refractivity contribution is 5.88. The number of carboxylic acids is 1. The van der Waals surface area contributed by atoms with Crippen molar-refractivity contribution in [1.82, 2.24) is 0 Å². The number of aryl methyl sites for hydroxylation is 1. The van der Waals surface area contributed by atoms with Crippen molar-refractivity contribution in [3.63, 3.8) is 0 Å². The van der Waals surface area contributed by atoms with Gasteiger partial charge in [0.05, 0.1) is 11.7 Å².